The van der Waals surface area contributed by atoms with E-state index in [1.54, 1.807) is 18.5 Å². The van der Waals surface area contributed by atoms with Crippen LogP contribution < -0.4 is 11.3 Å². The number of likely N-dealkylation sites (tertiary alicyclic amines) is 1. The normalized spacial score (nSPS) is 15.2. The van der Waals surface area contributed by atoms with Gasteiger partial charge in [0, 0.05) is 36.3 Å². The molecule has 0 bridgehead atoms. The third-order valence-corrected chi connectivity index (χ3v) is 6.23. The van der Waals surface area contributed by atoms with Gasteiger partial charge in [-0.2, -0.15) is 0 Å². The third-order valence-electron chi connectivity index (χ3n) is 6.23. The Morgan fingerprint density at radius 3 is 2.52 bits per heavy atom. The first-order valence-electron chi connectivity index (χ1n) is 10.8. The average Bonchev–Trinajstić information content (AvgIpc) is 2.84. The van der Waals surface area contributed by atoms with Gasteiger partial charge < -0.3 is 15.0 Å². The van der Waals surface area contributed by atoms with Crippen molar-refractivity contribution in [2.24, 2.45) is 0 Å². The number of esters is 1. The van der Waals surface area contributed by atoms with Gasteiger partial charge in [-0.3, -0.25) is 19.5 Å². The number of carbonyl (C=O) groups is 1. The van der Waals surface area contributed by atoms with Crippen molar-refractivity contribution in [1.82, 2.24) is 24.4 Å². The standard InChI is InChI=1S/C24H24N6O3/c1-33-23(32)14-29-8-6-17(7-9-29)30-22(31)13-27-20-12-26-19-4-2-15(10-18(19)24(20)30)16-3-5-21(25)28-11-16/h2-5,10-13,17H,6-9,14H2,1H3,(H2,25,28). The van der Waals surface area contributed by atoms with Gasteiger partial charge in [0.15, 0.2) is 0 Å². The third kappa shape index (κ3) is 4.03. The number of fused-ring (bicyclic) bond motifs is 3. The van der Waals surface area contributed by atoms with Gasteiger partial charge in [0.05, 0.1) is 37.1 Å². The van der Waals surface area contributed by atoms with Gasteiger partial charge in [0.2, 0.25) is 0 Å². The molecule has 0 spiro atoms. The summed E-state index contributed by atoms with van der Waals surface area (Å²) >= 11 is 0. The number of nitrogens with zero attached hydrogens (tertiary/aromatic N) is 5. The second-order valence-electron chi connectivity index (χ2n) is 8.25. The molecule has 1 fully saturated rings. The quantitative estimate of drug-likeness (QED) is 0.377. The Morgan fingerprint density at radius 1 is 1.03 bits per heavy atom. The van der Waals surface area contributed by atoms with Crippen LogP contribution in [0.25, 0.3) is 33.1 Å². The maximum atomic E-state index is 13.0. The molecule has 4 heterocycles. The highest BCUT2D eigenvalue weighted by Crippen LogP contribution is 2.31. The Morgan fingerprint density at radius 2 is 1.79 bits per heavy atom. The molecule has 1 aliphatic rings. The van der Waals surface area contributed by atoms with E-state index in [1.165, 1.54) is 13.3 Å². The van der Waals surface area contributed by atoms with Crippen molar-refractivity contribution in [3.8, 4) is 11.1 Å². The molecule has 3 aromatic heterocycles. The zero-order valence-electron chi connectivity index (χ0n) is 18.3. The van der Waals surface area contributed by atoms with Gasteiger partial charge in [-0.25, -0.2) is 9.97 Å². The summed E-state index contributed by atoms with van der Waals surface area (Å²) in [4.78, 5) is 39.8. The Bertz CT molecular complexity index is 1390. The molecule has 33 heavy (non-hydrogen) atoms. The number of methoxy groups -OCH3 is 1. The molecule has 9 heteroatoms. The smallest absolute Gasteiger partial charge is 0.319 e. The molecule has 9 nitrogen and oxygen atoms in total. The molecular formula is C24H24N6O3. The number of pyridine rings is 2. The number of benzene rings is 1. The van der Waals surface area contributed by atoms with E-state index in [0.29, 0.717) is 24.4 Å². The minimum atomic E-state index is -0.248. The van der Waals surface area contributed by atoms with Crippen LogP contribution in [0.15, 0.2) is 53.7 Å². The van der Waals surface area contributed by atoms with E-state index in [0.717, 1.165) is 40.4 Å². The molecule has 5 rings (SSSR count). The highest BCUT2D eigenvalue weighted by molar-refractivity contribution is 6.03. The predicted octanol–water partition coefficient (Wildman–Crippen LogP) is 2.40. The largest absolute Gasteiger partial charge is 0.468 e. The fraction of sp³-hybridized carbons (Fsp3) is 0.292. The molecule has 168 valence electrons. The van der Waals surface area contributed by atoms with E-state index in [9.17, 15) is 9.59 Å². The second-order valence-corrected chi connectivity index (χ2v) is 8.25. The summed E-state index contributed by atoms with van der Waals surface area (Å²) in [7, 11) is 1.39. The van der Waals surface area contributed by atoms with Gasteiger partial charge in [-0.05, 0) is 42.7 Å². The zero-order valence-corrected chi connectivity index (χ0v) is 18.3. The first-order chi connectivity index (χ1) is 16.0. The number of carbonyl (C=O) groups excluding carboxylic acids is 1. The van der Waals surface area contributed by atoms with Crippen molar-refractivity contribution in [2.75, 3.05) is 32.5 Å². The van der Waals surface area contributed by atoms with E-state index in [2.05, 4.69) is 19.9 Å². The molecule has 0 radical (unpaired) electrons. The highest BCUT2D eigenvalue weighted by atomic mass is 16.5. The fourth-order valence-electron chi connectivity index (χ4n) is 4.51. The first-order valence-corrected chi connectivity index (χ1v) is 10.8. The molecule has 0 atom stereocenters. The number of ether oxygens (including phenoxy) is 1. The molecule has 0 unspecified atom stereocenters. The van der Waals surface area contributed by atoms with Crippen LogP contribution >= 0.6 is 0 Å². The van der Waals surface area contributed by atoms with E-state index >= 15 is 0 Å². The van der Waals surface area contributed by atoms with Crippen molar-refractivity contribution in [3.63, 3.8) is 0 Å². The van der Waals surface area contributed by atoms with Crippen LogP contribution in [0.1, 0.15) is 18.9 Å². The van der Waals surface area contributed by atoms with Crippen molar-refractivity contribution >= 4 is 33.7 Å². The molecule has 2 N–H and O–H groups in total. The summed E-state index contributed by atoms with van der Waals surface area (Å²) in [6, 6.07) is 9.65. The van der Waals surface area contributed by atoms with Crippen LogP contribution in [-0.4, -0.2) is 57.1 Å². The lowest BCUT2D eigenvalue weighted by atomic mass is 10.0. The van der Waals surface area contributed by atoms with Crippen LogP contribution in [0.2, 0.25) is 0 Å². The van der Waals surface area contributed by atoms with Crippen LogP contribution in [0.4, 0.5) is 5.82 Å². The van der Waals surface area contributed by atoms with Crippen LogP contribution in [0.5, 0.6) is 0 Å². The molecule has 0 aliphatic carbocycles. The van der Waals surface area contributed by atoms with Gasteiger partial charge in [0.1, 0.15) is 11.3 Å². The monoisotopic (exact) mass is 444 g/mol. The Labute approximate surface area is 189 Å². The summed E-state index contributed by atoms with van der Waals surface area (Å²) in [6.45, 7) is 1.68. The summed E-state index contributed by atoms with van der Waals surface area (Å²) in [5, 5.41) is 0.865. The predicted molar refractivity (Wildman–Crippen MR) is 126 cm³/mol. The Balaban J connectivity index is 1.59. The van der Waals surface area contributed by atoms with Gasteiger partial charge in [-0.1, -0.05) is 6.07 Å². The van der Waals surface area contributed by atoms with Crippen LogP contribution in [-0.2, 0) is 9.53 Å². The number of piperidine rings is 1. The van der Waals surface area contributed by atoms with E-state index < -0.39 is 0 Å². The summed E-state index contributed by atoms with van der Waals surface area (Å²) < 4.78 is 6.64. The van der Waals surface area contributed by atoms with E-state index in [1.807, 2.05) is 28.8 Å². The maximum absolute atomic E-state index is 13.0. The lowest BCUT2D eigenvalue weighted by Crippen LogP contribution is -2.40. The number of hydrogen-bond acceptors (Lipinski definition) is 8. The fourth-order valence-corrected chi connectivity index (χ4v) is 4.51. The first kappa shape index (κ1) is 21.0. The number of nitrogens with two attached hydrogens (primary N) is 1. The zero-order chi connectivity index (χ0) is 22.9. The molecule has 0 amide bonds. The average molecular weight is 444 g/mol. The van der Waals surface area contributed by atoms with Crippen LogP contribution in [0.3, 0.4) is 0 Å². The molecular weight excluding hydrogens is 420 g/mol. The molecule has 1 saturated heterocycles. The topological polar surface area (TPSA) is 116 Å². The lowest BCUT2D eigenvalue weighted by molar-refractivity contribution is -0.142. The number of aromatic nitrogens is 4. The number of hydrogen-bond donors (Lipinski definition) is 1. The molecule has 4 aromatic rings. The van der Waals surface area contributed by atoms with Crippen molar-refractivity contribution in [3.05, 3.63) is 59.3 Å². The Hall–Kier alpha value is -3.85. The van der Waals surface area contributed by atoms with Gasteiger partial charge in [-0.15, -0.1) is 0 Å². The maximum Gasteiger partial charge on any atom is 0.319 e. The molecule has 1 aromatic carbocycles. The van der Waals surface area contributed by atoms with Gasteiger partial charge >= 0.3 is 5.97 Å². The summed E-state index contributed by atoms with van der Waals surface area (Å²) in [6.07, 6.45) is 6.31. The second kappa shape index (κ2) is 8.59. The number of rotatable bonds is 4. The number of anilines is 1. The summed E-state index contributed by atoms with van der Waals surface area (Å²) in [5.41, 5.74) is 9.73. The van der Waals surface area contributed by atoms with E-state index in [4.69, 9.17) is 10.5 Å². The minimum Gasteiger partial charge on any atom is -0.468 e. The lowest BCUT2D eigenvalue weighted by Gasteiger charge is -2.32. The summed E-state index contributed by atoms with van der Waals surface area (Å²) in [5.74, 6) is 0.213. The SMILES string of the molecule is COC(=O)CN1CCC(n2c(=O)cnc3cnc4ccc(-c5ccc(N)nc5)cc4c32)CC1. The van der Waals surface area contributed by atoms with Crippen molar-refractivity contribution in [1.29, 1.82) is 0 Å². The minimum absolute atomic E-state index is 0.00402. The van der Waals surface area contributed by atoms with E-state index in [-0.39, 0.29) is 24.1 Å². The van der Waals surface area contributed by atoms with Crippen molar-refractivity contribution in [2.45, 2.75) is 18.9 Å². The Kier molecular flexibility index (Phi) is 5.47. The molecule has 0 saturated carbocycles. The van der Waals surface area contributed by atoms with Crippen molar-refractivity contribution < 1.29 is 9.53 Å². The van der Waals surface area contributed by atoms with Gasteiger partial charge in [0.25, 0.3) is 5.56 Å². The van der Waals surface area contributed by atoms with Crippen LogP contribution in [0, 0.1) is 0 Å². The number of nitrogen functional groups attached to an aromatic ring is 1. The molecule has 1 aliphatic heterocycles. The highest BCUT2D eigenvalue weighted by Gasteiger charge is 2.25.